The highest BCUT2D eigenvalue weighted by Gasteiger charge is 2.18. The molecule has 0 aliphatic heterocycles. The fraction of sp³-hybridized carbons (Fsp3) is 0.167. The van der Waals surface area contributed by atoms with Gasteiger partial charge >= 0.3 is 0 Å². The lowest BCUT2D eigenvalue weighted by Gasteiger charge is -2.09. The van der Waals surface area contributed by atoms with Crippen molar-refractivity contribution < 1.29 is 4.74 Å². The van der Waals surface area contributed by atoms with Gasteiger partial charge in [-0.15, -0.1) is 0 Å². The van der Waals surface area contributed by atoms with Gasteiger partial charge in [-0.1, -0.05) is 23.4 Å². The highest BCUT2D eigenvalue weighted by Crippen LogP contribution is 2.32. The molecule has 0 aliphatic rings. The molecule has 7 heteroatoms. The van der Waals surface area contributed by atoms with Crippen molar-refractivity contribution in [3.05, 3.63) is 29.0 Å². The van der Waals surface area contributed by atoms with Crippen LogP contribution in [0.2, 0.25) is 5.15 Å². The van der Waals surface area contributed by atoms with Gasteiger partial charge in [-0.3, -0.25) is 4.98 Å². The molecule has 96 valence electrons. The van der Waals surface area contributed by atoms with Crippen LogP contribution in [-0.4, -0.2) is 28.3 Å². The van der Waals surface area contributed by atoms with Gasteiger partial charge in [0.1, 0.15) is 28.8 Å². The van der Waals surface area contributed by atoms with Crippen LogP contribution in [0, 0.1) is 11.3 Å². The maximum Gasteiger partial charge on any atom is 0.189 e. The monoisotopic (exact) mass is 292 g/mol. The molecule has 0 amide bonds. The van der Waals surface area contributed by atoms with Crippen LogP contribution in [0.3, 0.4) is 0 Å². The molecule has 0 fully saturated rings. The van der Waals surface area contributed by atoms with E-state index in [2.05, 4.69) is 15.0 Å². The number of ether oxygens (including phenoxy) is 1. The molecule has 0 saturated carbocycles. The van der Waals surface area contributed by atoms with Crippen molar-refractivity contribution in [1.29, 1.82) is 5.26 Å². The predicted octanol–water partition coefficient (Wildman–Crippen LogP) is 2.79. The lowest BCUT2D eigenvalue weighted by molar-refractivity contribution is 0.414. The summed E-state index contributed by atoms with van der Waals surface area (Å²) in [6.07, 6.45) is 3.44. The Morgan fingerprint density at radius 3 is 2.79 bits per heavy atom. The number of thioether (sulfide) groups is 1. The summed E-state index contributed by atoms with van der Waals surface area (Å²) in [4.78, 5) is 12.5. The van der Waals surface area contributed by atoms with E-state index in [9.17, 15) is 5.26 Å². The average molecular weight is 293 g/mol. The number of rotatable bonds is 3. The third-order valence-electron chi connectivity index (χ3n) is 2.35. The van der Waals surface area contributed by atoms with Gasteiger partial charge in [0.25, 0.3) is 0 Å². The van der Waals surface area contributed by atoms with Gasteiger partial charge in [-0.25, -0.2) is 9.97 Å². The molecule has 0 aromatic carbocycles. The molecule has 0 spiro atoms. The standard InChI is InChI=1S/C12H9ClN4OS/c1-18-8-4-3-5-15-10(8)9-7(6-14)11(13)17-12(16-9)19-2/h3-5H,1-2H3. The van der Waals surface area contributed by atoms with E-state index in [1.54, 1.807) is 18.3 Å². The molecule has 19 heavy (non-hydrogen) atoms. The van der Waals surface area contributed by atoms with E-state index < -0.39 is 0 Å². The average Bonchev–Trinajstić information content (AvgIpc) is 2.46. The van der Waals surface area contributed by atoms with Gasteiger partial charge in [0, 0.05) is 6.20 Å². The zero-order chi connectivity index (χ0) is 13.8. The van der Waals surface area contributed by atoms with E-state index in [1.807, 2.05) is 12.3 Å². The molecular formula is C12H9ClN4OS. The second-order valence-corrected chi connectivity index (χ2v) is 4.52. The molecule has 0 saturated heterocycles. The van der Waals surface area contributed by atoms with Crippen molar-refractivity contribution >= 4 is 23.4 Å². The molecule has 2 rings (SSSR count). The normalized spacial score (nSPS) is 10.0. The van der Waals surface area contributed by atoms with E-state index in [0.717, 1.165) is 0 Å². The largest absolute Gasteiger partial charge is 0.494 e. The minimum Gasteiger partial charge on any atom is -0.494 e. The first kappa shape index (κ1) is 13.6. The number of halogens is 1. The molecule has 2 aromatic heterocycles. The first-order chi connectivity index (χ1) is 9.21. The highest BCUT2D eigenvalue weighted by atomic mass is 35.5. The summed E-state index contributed by atoms with van der Waals surface area (Å²) in [6, 6.07) is 5.49. The SMILES string of the molecule is COc1cccnc1-c1nc(SC)nc(Cl)c1C#N. The third-order valence-corrected chi connectivity index (χ3v) is 3.17. The number of hydrogen-bond donors (Lipinski definition) is 0. The van der Waals surface area contributed by atoms with Crippen LogP contribution < -0.4 is 4.74 Å². The molecule has 2 aromatic rings. The maximum absolute atomic E-state index is 9.20. The van der Waals surface area contributed by atoms with Crippen molar-refractivity contribution in [3.63, 3.8) is 0 Å². The zero-order valence-electron chi connectivity index (χ0n) is 10.2. The van der Waals surface area contributed by atoms with Crippen LogP contribution >= 0.6 is 23.4 Å². The van der Waals surface area contributed by atoms with Crippen LogP contribution in [0.1, 0.15) is 5.56 Å². The fourth-order valence-electron chi connectivity index (χ4n) is 1.51. The van der Waals surface area contributed by atoms with E-state index in [1.165, 1.54) is 18.9 Å². The minimum atomic E-state index is 0.115. The van der Waals surface area contributed by atoms with Crippen LogP contribution in [0.25, 0.3) is 11.4 Å². The molecule has 0 unspecified atom stereocenters. The Labute approximate surface area is 119 Å². The summed E-state index contributed by atoms with van der Waals surface area (Å²) in [5.74, 6) is 0.529. The number of aromatic nitrogens is 3. The second kappa shape index (κ2) is 5.87. The Morgan fingerprint density at radius 1 is 1.37 bits per heavy atom. The zero-order valence-corrected chi connectivity index (χ0v) is 11.8. The molecule has 0 N–H and O–H groups in total. The van der Waals surface area contributed by atoms with Crippen LogP contribution in [0.4, 0.5) is 0 Å². The van der Waals surface area contributed by atoms with Gasteiger partial charge in [0.2, 0.25) is 0 Å². The summed E-state index contributed by atoms with van der Waals surface area (Å²) in [6.45, 7) is 0. The number of hydrogen-bond acceptors (Lipinski definition) is 6. The quantitative estimate of drug-likeness (QED) is 0.492. The molecule has 5 nitrogen and oxygen atoms in total. The topological polar surface area (TPSA) is 71.7 Å². The Bertz CT molecular complexity index is 657. The van der Waals surface area contributed by atoms with Crippen molar-refractivity contribution in [2.75, 3.05) is 13.4 Å². The Hall–Kier alpha value is -1.84. The second-order valence-electron chi connectivity index (χ2n) is 3.39. The summed E-state index contributed by atoms with van der Waals surface area (Å²) >= 11 is 7.34. The lowest BCUT2D eigenvalue weighted by Crippen LogP contribution is -2.00. The molecule has 0 bridgehead atoms. The molecule has 0 aliphatic carbocycles. The minimum absolute atomic E-state index is 0.115. The van der Waals surface area contributed by atoms with Crippen LogP contribution in [0.5, 0.6) is 5.75 Å². The Morgan fingerprint density at radius 2 is 2.16 bits per heavy atom. The van der Waals surface area contributed by atoms with E-state index >= 15 is 0 Å². The highest BCUT2D eigenvalue weighted by molar-refractivity contribution is 7.98. The van der Waals surface area contributed by atoms with Crippen LogP contribution in [-0.2, 0) is 0 Å². The first-order valence-corrected chi connectivity index (χ1v) is 6.82. The molecular weight excluding hydrogens is 284 g/mol. The predicted molar refractivity (Wildman–Crippen MR) is 73.3 cm³/mol. The Balaban J connectivity index is 2.74. The number of nitriles is 1. The fourth-order valence-corrected chi connectivity index (χ4v) is 2.14. The third kappa shape index (κ3) is 2.62. The van der Waals surface area contributed by atoms with Crippen molar-refractivity contribution in [2.24, 2.45) is 0 Å². The van der Waals surface area contributed by atoms with E-state index in [-0.39, 0.29) is 10.7 Å². The molecule has 2 heterocycles. The number of pyridine rings is 1. The van der Waals surface area contributed by atoms with Crippen molar-refractivity contribution in [3.8, 4) is 23.2 Å². The van der Waals surface area contributed by atoms with Crippen molar-refractivity contribution in [1.82, 2.24) is 15.0 Å². The Kier molecular flexibility index (Phi) is 4.20. The van der Waals surface area contributed by atoms with Gasteiger partial charge in [0.15, 0.2) is 10.3 Å². The van der Waals surface area contributed by atoms with E-state index in [0.29, 0.717) is 22.3 Å². The summed E-state index contributed by atoms with van der Waals surface area (Å²) in [5.41, 5.74) is 1.04. The summed E-state index contributed by atoms with van der Waals surface area (Å²) in [5, 5.41) is 9.79. The van der Waals surface area contributed by atoms with Gasteiger partial charge in [-0.05, 0) is 18.4 Å². The maximum atomic E-state index is 9.20. The number of nitrogens with zero attached hydrogens (tertiary/aromatic N) is 4. The number of methoxy groups -OCH3 is 1. The summed E-state index contributed by atoms with van der Waals surface area (Å²) in [7, 11) is 1.53. The lowest BCUT2D eigenvalue weighted by atomic mass is 10.1. The van der Waals surface area contributed by atoms with Gasteiger partial charge < -0.3 is 4.74 Å². The molecule has 0 atom stereocenters. The van der Waals surface area contributed by atoms with Gasteiger partial charge in [-0.2, -0.15) is 5.26 Å². The summed E-state index contributed by atoms with van der Waals surface area (Å²) < 4.78 is 5.23. The van der Waals surface area contributed by atoms with Crippen LogP contribution in [0.15, 0.2) is 23.5 Å². The molecule has 0 radical (unpaired) electrons. The van der Waals surface area contributed by atoms with E-state index in [4.69, 9.17) is 16.3 Å². The first-order valence-electron chi connectivity index (χ1n) is 5.22. The smallest absolute Gasteiger partial charge is 0.189 e. The van der Waals surface area contributed by atoms with Crippen molar-refractivity contribution in [2.45, 2.75) is 5.16 Å². The van der Waals surface area contributed by atoms with Gasteiger partial charge in [0.05, 0.1) is 7.11 Å².